The Morgan fingerprint density at radius 1 is 1.11 bits per heavy atom. The summed E-state index contributed by atoms with van der Waals surface area (Å²) in [4.78, 5) is 28.3. The molecule has 28 heavy (non-hydrogen) atoms. The van der Waals surface area contributed by atoms with E-state index in [0.29, 0.717) is 19.5 Å². The Labute approximate surface area is 169 Å². The summed E-state index contributed by atoms with van der Waals surface area (Å²) >= 11 is 0. The summed E-state index contributed by atoms with van der Waals surface area (Å²) in [6, 6.07) is 9.33. The molecule has 0 saturated carbocycles. The van der Waals surface area contributed by atoms with Crippen molar-refractivity contribution >= 4 is 11.9 Å². The monoisotopic (exact) mass is 389 g/mol. The molecule has 1 aromatic rings. The van der Waals surface area contributed by atoms with Gasteiger partial charge >= 0.3 is 6.03 Å². The molecule has 2 atom stereocenters. The van der Waals surface area contributed by atoms with E-state index in [9.17, 15) is 14.7 Å². The lowest BCUT2D eigenvalue weighted by Gasteiger charge is -2.38. The van der Waals surface area contributed by atoms with Gasteiger partial charge in [0.2, 0.25) is 5.91 Å². The predicted molar refractivity (Wildman–Crippen MR) is 110 cm³/mol. The number of carbonyl (C=O) groups is 2. The maximum Gasteiger partial charge on any atom is 0.339 e. The Bertz CT molecular complexity index is 657. The standard InChI is InChI=1S/C22H35N3O3/c1-6-13-23-18(15-17-11-9-8-10-12-17)19(26)16-25(20(27)22(3,4)5)24(14-7-2)21(23)28/h8-12,18-19,26H,6-7,13-16H2,1-5H3/t18-,19-/m1/s1. The third-order valence-corrected chi connectivity index (χ3v) is 5.03. The van der Waals surface area contributed by atoms with Crippen LogP contribution in [0.2, 0.25) is 0 Å². The van der Waals surface area contributed by atoms with E-state index in [0.717, 1.165) is 18.4 Å². The summed E-state index contributed by atoms with van der Waals surface area (Å²) in [5.74, 6) is -0.148. The summed E-state index contributed by atoms with van der Waals surface area (Å²) < 4.78 is 0. The van der Waals surface area contributed by atoms with Crippen molar-refractivity contribution in [1.82, 2.24) is 14.9 Å². The fourth-order valence-electron chi connectivity index (χ4n) is 3.61. The van der Waals surface area contributed by atoms with Gasteiger partial charge in [0.1, 0.15) is 0 Å². The lowest BCUT2D eigenvalue weighted by Crippen LogP contribution is -2.55. The van der Waals surface area contributed by atoms with Gasteiger partial charge in [-0.1, -0.05) is 65.0 Å². The molecule has 1 aliphatic heterocycles. The zero-order chi connectivity index (χ0) is 20.9. The topological polar surface area (TPSA) is 64.1 Å². The lowest BCUT2D eigenvalue weighted by atomic mass is 9.94. The molecule has 2 rings (SSSR count). The van der Waals surface area contributed by atoms with Crippen molar-refractivity contribution in [2.45, 2.75) is 66.0 Å². The number of urea groups is 1. The van der Waals surface area contributed by atoms with Crippen LogP contribution in [-0.2, 0) is 11.2 Å². The molecule has 6 heteroatoms. The number of hydrogen-bond donors (Lipinski definition) is 1. The summed E-state index contributed by atoms with van der Waals surface area (Å²) in [5, 5.41) is 14.1. The van der Waals surface area contributed by atoms with Crippen molar-refractivity contribution in [3.8, 4) is 0 Å². The first-order valence-corrected chi connectivity index (χ1v) is 10.3. The van der Waals surface area contributed by atoms with Crippen LogP contribution in [0.5, 0.6) is 0 Å². The van der Waals surface area contributed by atoms with Gasteiger partial charge in [-0.15, -0.1) is 0 Å². The Hall–Kier alpha value is -2.08. The Balaban J connectivity index is 2.43. The summed E-state index contributed by atoms with van der Waals surface area (Å²) in [5.41, 5.74) is 0.430. The normalized spacial score (nSPS) is 21.1. The first-order chi connectivity index (χ1) is 13.2. The number of hydrogen-bond acceptors (Lipinski definition) is 3. The molecular weight excluding hydrogens is 354 g/mol. The highest BCUT2D eigenvalue weighted by atomic mass is 16.3. The van der Waals surface area contributed by atoms with Gasteiger partial charge in [-0.05, 0) is 24.8 Å². The maximum atomic E-state index is 13.5. The minimum absolute atomic E-state index is 0.125. The number of rotatable bonds is 6. The minimum Gasteiger partial charge on any atom is -0.389 e. The Morgan fingerprint density at radius 3 is 2.25 bits per heavy atom. The van der Waals surface area contributed by atoms with Crippen LogP contribution in [0.1, 0.15) is 53.0 Å². The van der Waals surface area contributed by atoms with Crippen LogP contribution in [0.3, 0.4) is 0 Å². The molecule has 3 amide bonds. The molecule has 1 fully saturated rings. The number of nitrogens with zero attached hydrogens (tertiary/aromatic N) is 3. The van der Waals surface area contributed by atoms with Gasteiger partial charge in [0.15, 0.2) is 0 Å². The maximum absolute atomic E-state index is 13.5. The van der Waals surface area contributed by atoms with Crippen LogP contribution >= 0.6 is 0 Å². The predicted octanol–water partition coefficient (Wildman–Crippen LogP) is 3.31. The number of aliphatic hydroxyl groups excluding tert-OH is 1. The van der Waals surface area contributed by atoms with Crippen molar-refractivity contribution < 1.29 is 14.7 Å². The van der Waals surface area contributed by atoms with Crippen LogP contribution in [0, 0.1) is 5.41 Å². The van der Waals surface area contributed by atoms with Crippen LogP contribution in [0.4, 0.5) is 4.79 Å². The highest BCUT2D eigenvalue weighted by Crippen LogP contribution is 2.26. The summed E-state index contributed by atoms with van der Waals surface area (Å²) in [7, 11) is 0. The summed E-state index contributed by atoms with van der Waals surface area (Å²) in [6.45, 7) is 10.6. The molecule has 1 heterocycles. The van der Waals surface area contributed by atoms with E-state index in [1.165, 1.54) is 10.0 Å². The van der Waals surface area contributed by atoms with E-state index >= 15 is 0 Å². The van der Waals surface area contributed by atoms with Gasteiger partial charge in [-0.2, -0.15) is 0 Å². The largest absolute Gasteiger partial charge is 0.389 e. The fourth-order valence-corrected chi connectivity index (χ4v) is 3.61. The molecule has 0 spiro atoms. The van der Waals surface area contributed by atoms with E-state index in [1.807, 2.05) is 65.0 Å². The van der Waals surface area contributed by atoms with Gasteiger partial charge in [-0.3, -0.25) is 4.79 Å². The highest BCUT2D eigenvalue weighted by Gasteiger charge is 2.43. The number of benzene rings is 1. The first-order valence-electron chi connectivity index (χ1n) is 10.3. The molecule has 0 aliphatic carbocycles. The van der Waals surface area contributed by atoms with E-state index in [2.05, 4.69) is 0 Å². The fraction of sp³-hybridized carbons (Fsp3) is 0.636. The van der Waals surface area contributed by atoms with E-state index in [-0.39, 0.29) is 24.5 Å². The Morgan fingerprint density at radius 2 is 1.71 bits per heavy atom. The van der Waals surface area contributed by atoms with Gasteiger partial charge < -0.3 is 10.0 Å². The smallest absolute Gasteiger partial charge is 0.339 e. The second kappa shape index (κ2) is 9.41. The molecule has 0 radical (unpaired) electrons. The second-order valence-electron chi connectivity index (χ2n) is 8.56. The number of carbonyl (C=O) groups excluding carboxylic acids is 2. The van der Waals surface area contributed by atoms with Crippen molar-refractivity contribution in [1.29, 1.82) is 0 Å². The first kappa shape index (κ1) is 22.2. The molecule has 1 N–H and O–H groups in total. The minimum atomic E-state index is -0.816. The quantitative estimate of drug-likeness (QED) is 0.812. The summed E-state index contributed by atoms with van der Waals surface area (Å²) in [6.07, 6.45) is 1.27. The van der Waals surface area contributed by atoms with Crippen LogP contribution in [0.15, 0.2) is 30.3 Å². The van der Waals surface area contributed by atoms with Crippen molar-refractivity contribution in [2.75, 3.05) is 19.6 Å². The highest BCUT2D eigenvalue weighted by molar-refractivity contribution is 5.85. The second-order valence-corrected chi connectivity index (χ2v) is 8.56. The average molecular weight is 390 g/mol. The van der Waals surface area contributed by atoms with Crippen molar-refractivity contribution in [3.63, 3.8) is 0 Å². The van der Waals surface area contributed by atoms with Crippen LogP contribution in [0.25, 0.3) is 0 Å². The molecule has 0 aromatic heterocycles. The van der Waals surface area contributed by atoms with Gasteiger partial charge in [0.25, 0.3) is 0 Å². The number of β-amino-alcohol motifs (C(OH)–C–C–N with tert-alkyl or cyclic N) is 1. The third-order valence-electron chi connectivity index (χ3n) is 5.03. The van der Waals surface area contributed by atoms with Crippen molar-refractivity contribution in [3.05, 3.63) is 35.9 Å². The number of hydrazine groups is 1. The van der Waals surface area contributed by atoms with Crippen molar-refractivity contribution in [2.24, 2.45) is 5.41 Å². The Kier molecular flexibility index (Phi) is 7.47. The van der Waals surface area contributed by atoms with Gasteiger partial charge in [-0.25, -0.2) is 14.8 Å². The molecule has 1 saturated heterocycles. The lowest BCUT2D eigenvalue weighted by molar-refractivity contribution is -0.155. The number of amides is 3. The van der Waals surface area contributed by atoms with Crippen LogP contribution in [-0.4, -0.2) is 63.7 Å². The molecule has 0 unspecified atom stereocenters. The molecule has 6 nitrogen and oxygen atoms in total. The van der Waals surface area contributed by atoms with Gasteiger partial charge in [0.05, 0.1) is 18.7 Å². The third kappa shape index (κ3) is 5.04. The average Bonchev–Trinajstić information content (AvgIpc) is 2.74. The molecular formula is C22H35N3O3. The molecule has 1 aliphatic rings. The van der Waals surface area contributed by atoms with E-state index in [1.54, 1.807) is 4.90 Å². The molecule has 0 bridgehead atoms. The number of aliphatic hydroxyl groups is 1. The van der Waals surface area contributed by atoms with E-state index < -0.39 is 11.5 Å². The SMILES string of the molecule is CCCN1C(=O)N(CCC)N(C(=O)C(C)(C)C)C[C@@H](O)[C@H]1Cc1ccccc1. The molecule has 1 aromatic carbocycles. The van der Waals surface area contributed by atoms with Gasteiger partial charge in [0, 0.05) is 18.5 Å². The zero-order valence-corrected chi connectivity index (χ0v) is 17.9. The van der Waals surface area contributed by atoms with E-state index in [4.69, 9.17) is 0 Å². The zero-order valence-electron chi connectivity index (χ0n) is 17.9. The molecule has 156 valence electrons. The van der Waals surface area contributed by atoms with Crippen LogP contribution < -0.4 is 0 Å².